The van der Waals surface area contributed by atoms with Crippen LogP contribution >= 0.6 is 7.82 Å². The monoisotopic (exact) mass is 773 g/mol. The summed E-state index contributed by atoms with van der Waals surface area (Å²) in [6.45, 7) is 5.49. The highest BCUT2D eigenvalue weighted by Crippen LogP contribution is 2.43. The van der Waals surface area contributed by atoms with E-state index in [1.54, 1.807) is 6.92 Å². The molecule has 0 radical (unpaired) electrons. The third kappa shape index (κ3) is 40.3. The number of allylic oxidation sites excluding steroid dienone is 2. The normalized spacial score (nSPS) is 13.4. The molecule has 0 saturated heterocycles. The second-order valence-electron chi connectivity index (χ2n) is 15.1. The SMILES string of the molecule is CCCCCCC/C=C\CCCCCCCC(=O)OC(COC(=O)CCCCCCCCCCCCCCCCCCCCC)COP(=O)(O)OCC. The lowest BCUT2D eigenvalue weighted by atomic mass is 10.0. The average molecular weight is 773 g/mol. The molecule has 0 aromatic carbocycles. The lowest BCUT2D eigenvalue weighted by molar-refractivity contribution is -0.161. The van der Waals surface area contributed by atoms with Gasteiger partial charge in [0, 0.05) is 12.8 Å². The van der Waals surface area contributed by atoms with E-state index >= 15 is 0 Å². The number of phosphoric acid groups is 1. The molecule has 2 unspecified atom stereocenters. The van der Waals surface area contributed by atoms with Crippen LogP contribution in [0.5, 0.6) is 0 Å². The van der Waals surface area contributed by atoms with Gasteiger partial charge in [-0.1, -0.05) is 187 Å². The van der Waals surface area contributed by atoms with E-state index in [1.165, 1.54) is 141 Å². The molecule has 0 aliphatic heterocycles. The van der Waals surface area contributed by atoms with Gasteiger partial charge in [-0.05, 0) is 45.4 Å². The molecular weight excluding hydrogens is 687 g/mol. The van der Waals surface area contributed by atoms with Crippen molar-refractivity contribution >= 4 is 19.8 Å². The number of rotatable bonds is 42. The van der Waals surface area contributed by atoms with Gasteiger partial charge in [0.2, 0.25) is 0 Å². The molecule has 0 bridgehead atoms. The van der Waals surface area contributed by atoms with Crippen LogP contribution in [0.15, 0.2) is 12.2 Å². The molecule has 0 amide bonds. The molecule has 1 N–H and O–H groups in total. The average Bonchev–Trinajstić information content (AvgIpc) is 3.13. The molecule has 53 heavy (non-hydrogen) atoms. The zero-order chi connectivity index (χ0) is 38.9. The predicted octanol–water partition coefficient (Wildman–Crippen LogP) is 14.1. The number of esters is 2. The first-order valence-corrected chi connectivity index (χ1v) is 24.0. The summed E-state index contributed by atoms with van der Waals surface area (Å²) in [5, 5.41) is 0. The molecule has 0 rings (SSSR count). The number of hydrogen-bond acceptors (Lipinski definition) is 7. The fourth-order valence-electron chi connectivity index (χ4n) is 6.51. The Balaban J connectivity index is 4.01. The van der Waals surface area contributed by atoms with Crippen molar-refractivity contribution in [1.82, 2.24) is 0 Å². The van der Waals surface area contributed by atoms with Crippen LogP contribution in [0.1, 0.15) is 233 Å². The quantitative estimate of drug-likeness (QED) is 0.0283. The van der Waals surface area contributed by atoms with Crippen LogP contribution in [-0.2, 0) is 32.7 Å². The summed E-state index contributed by atoms with van der Waals surface area (Å²) in [7, 11) is -4.28. The van der Waals surface area contributed by atoms with Crippen LogP contribution in [0.4, 0.5) is 0 Å². The van der Waals surface area contributed by atoms with Crippen molar-refractivity contribution in [3.63, 3.8) is 0 Å². The van der Waals surface area contributed by atoms with E-state index < -0.39 is 26.5 Å². The molecule has 314 valence electrons. The lowest BCUT2D eigenvalue weighted by Crippen LogP contribution is -2.29. The van der Waals surface area contributed by atoms with Gasteiger partial charge in [0.15, 0.2) is 6.10 Å². The maximum Gasteiger partial charge on any atom is 0.472 e. The Kier molecular flexibility index (Phi) is 39.5. The molecule has 8 nitrogen and oxygen atoms in total. The van der Waals surface area contributed by atoms with Crippen molar-refractivity contribution in [2.45, 2.75) is 239 Å². The van der Waals surface area contributed by atoms with Gasteiger partial charge in [0.05, 0.1) is 13.2 Å². The van der Waals surface area contributed by atoms with E-state index in [-0.39, 0.29) is 25.6 Å². The molecule has 0 aromatic heterocycles. The van der Waals surface area contributed by atoms with Gasteiger partial charge in [-0.3, -0.25) is 18.6 Å². The minimum Gasteiger partial charge on any atom is -0.462 e. The Morgan fingerprint density at radius 3 is 1.25 bits per heavy atom. The molecular formula is C44H85O8P. The fourth-order valence-corrected chi connectivity index (χ4v) is 7.26. The van der Waals surface area contributed by atoms with Gasteiger partial charge in [-0.25, -0.2) is 4.57 Å². The number of carbonyl (C=O) groups is 2. The van der Waals surface area contributed by atoms with Crippen molar-refractivity contribution in [1.29, 1.82) is 0 Å². The summed E-state index contributed by atoms with van der Waals surface area (Å²) < 4.78 is 32.7. The van der Waals surface area contributed by atoms with Crippen molar-refractivity contribution in [2.75, 3.05) is 19.8 Å². The molecule has 0 aromatic rings. The van der Waals surface area contributed by atoms with Gasteiger partial charge in [0.25, 0.3) is 0 Å². The highest BCUT2D eigenvalue weighted by molar-refractivity contribution is 7.47. The molecule has 0 fully saturated rings. The Bertz CT molecular complexity index is 879. The predicted molar refractivity (Wildman–Crippen MR) is 221 cm³/mol. The number of phosphoric ester groups is 1. The Labute approximate surface area is 327 Å². The summed E-state index contributed by atoms with van der Waals surface area (Å²) in [6.07, 6.45) is 42.7. The van der Waals surface area contributed by atoms with Crippen LogP contribution in [0, 0.1) is 0 Å². The highest BCUT2D eigenvalue weighted by atomic mass is 31.2. The third-order valence-corrected chi connectivity index (χ3v) is 10.9. The Morgan fingerprint density at radius 2 is 0.849 bits per heavy atom. The topological polar surface area (TPSA) is 108 Å². The molecule has 0 aliphatic rings. The minimum atomic E-state index is -4.28. The third-order valence-electron chi connectivity index (χ3n) is 9.82. The van der Waals surface area contributed by atoms with Crippen LogP contribution in [0.2, 0.25) is 0 Å². The summed E-state index contributed by atoms with van der Waals surface area (Å²) in [5.41, 5.74) is 0. The second kappa shape index (κ2) is 40.5. The van der Waals surface area contributed by atoms with Gasteiger partial charge in [0.1, 0.15) is 6.61 Å². The summed E-state index contributed by atoms with van der Waals surface area (Å²) in [4.78, 5) is 34.7. The van der Waals surface area contributed by atoms with Gasteiger partial charge in [-0.15, -0.1) is 0 Å². The van der Waals surface area contributed by atoms with Gasteiger partial charge >= 0.3 is 19.8 Å². The van der Waals surface area contributed by atoms with Crippen molar-refractivity contribution < 1.29 is 37.6 Å². The summed E-state index contributed by atoms with van der Waals surface area (Å²) in [5.74, 6) is -0.795. The second-order valence-corrected chi connectivity index (χ2v) is 16.5. The molecule has 0 aliphatic carbocycles. The summed E-state index contributed by atoms with van der Waals surface area (Å²) >= 11 is 0. The van der Waals surface area contributed by atoms with E-state index in [0.29, 0.717) is 12.8 Å². The molecule has 0 spiro atoms. The molecule has 9 heteroatoms. The van der Waals surface area contributed by atoms with Crippen LogP contribution in [0.25, 0.3) is 0 Å². The first-order valence-electron chi connectivity index (χ1n) is 22.5. The number of hydrogen-bond donors (Lipinski definition) is 1. The zero-order valence-electron chi connectivity index (χ0n) is 34.9. The first-order chi connectivity index (χ1) is 25.8. The van der Waals surface area contributed by atoms with E-state index in [9.17, 15) is 19.0 Å². The first kappa shape index (κ1) is 51.8. The maximum atomic E-state index is 12.5. The maximum absolute atomic E-state index is 12.5. The lowest BCUT2D eigenvalue weighted by Gasteiger charge is -2.19. The van der Waals surface area contributed by atoms with Crippen molar-refractivity contribution in [3.8, 4) is 0 Å². The number of unbranched alkanes of at least 4 members (excludes halogenated alkanes) is 28. The highest BCUT2D eigenvalue weighted by Gasteiger charge is 2.25. The van der Waals surface area contributed by atoms with Gasteiger partial charge < -0.3 is 14.4 Å². The molecule has 0 heterocycles. The van der Waals surface area contributed by atoms with Gasteiger partial charge in [-0.2, -0.15) is 0 Å². The zero-order valence-corrected chi connectivity index (χ0v) is 35.8. The summed E-state index contributed by atoms with van der Waals surface area (Å²) in [6, 6.07) is 0. The Hall–Kier alpha value is -1.21. The Morgan fingerprint density at radius 1 is 0.491 bits per heavy atom. The fraction of sp³-hybridized carbons (Fsp3) is 0.909. The largest absolute Gasteiger partial charge is 0.472 e. The smallest absolute Gasteiger partial charge is 0.462 e. The number of ether oxygens (including phenoxy) is 2. The van der Waals surface area contributed by atoms with Crippen LogP contribution in [-0.4, -0.2) is 42.8 Å². The van der Waals surface area contributed by atoms with Crippen LogP contribution < -0.4 is 0 Å². The molecule has 0 saturated carbocycles. The standard InChI is InChI=1S/C44H85O8P/c1-4-7-9-11-13-15-17-19-21-22-23-24-25-27-28-30-32-34-36-38-43(45)49-40-42(41-51-53(47,48)50-6-3)52-44(46)39-37-35-33-31-29-26-20-18-16-14-12-10-8-5-2/h18,20,42H,4-17,19,21-41H2,1-3H3,(H,47,48)/b20-18-. The van der Waals surface area contributed by atoms with E-state index in [2.05, 4.69) is 26.0 Å². The minimum absolute atomic E-state index is 0.00205. The van der Waals surface area contributed by atoms with E-state index in [0.717, 1.165) is 51.4 Å². The van der Waals surface area contributed by atoms with Crippen molar-refractivity contribution in [3.05, 3.63) is 12.2 Å². The van der Waals surface area contributed by atoms with Crippen molar-refractivity contribution in [2.24, 2.45) is 0 Å². The van der Waals surface area contributed by atoms with E-state index in [4.69, 9.17) is 18.5 Å². The van der Waals surface area contributed by atoms with Crippen LogP contribution in [0.3, 0.4) is 0 Å². The van der Waals surface area contributed by atoms with E-state index in [1.807, 2.05) is 0 Å². The number of carbonyl (C=O) groups excluding carboxylic acids is 2. The molecule has 2 atom stereocenters.